The summed E-state index contributed by atoms with van der Waals surface area (Å²) >= 11 is 0. The number of aliphatic imine (C=N–C) groups is 1. The third-order valence-corrected chi connectivity index (χ3v) is 2.93. The Morgan fingerprint density at radius 1 is 1.37 bits per heavy atom. The maximum atomic E-state index is 5.31. The number of anilines is 1. The van der Waals surface area contributed by atoms with E-state index in [1.54, 1.807) is 0 Å². The molecule has 0 saturated carbocycles. The number of hydrazone groups is 1. The maximum Gasteiger partial charge on any atom is 0.0861 e. The fourth-order valence-corrected chi connectivity index (χ4v) is 1.97. The monoisotopic (exact) mass is 254 g/mol. The van der Waals surface area contributed by atoms with Crippen LogP contribution < -0.4 is 10.7 Å². The standard InChI is InChI=1S/C15H18N4/c1-3-13-9-12(2)19(14-7-5-4-6-8-14)18-15(13)10-17-11-16/h4-9,11H,2-3,10H2,1H3,(H2,16,17). The van der Waals surface area contributed by atoms with Crippen molar-refractivity contribution in [1.29, 1.82) is 0 Å². The number of nitrogens with zero attached hydrogens (tertiary/aromatic N) is 3. The number of para-hydroxylation sites is 1. The largest absolute Gasteiger partial charge is 0.390 e. The Hall–Kier alpha value is -2.36. The lowest BCUT2D eigenvalue weighted by Gasteiger charge is -2.26. The van der Waals surface area contributed by atoms with Crippen LogP contribution in [0.1, 0.15) is 13.3 Å². The first-order chi connectivity index (χ1) is 9.26. The lowest BCUT2D eigenvalue weighted by atomic mass is 10.1. The average molecular weight is 254 g/mol. The zero-order valence-electron chi connectivity index (χ0n) is 11.1. The average Bonchev–Trinajstić information content (AvgIpc) is 2.46. The summed E-state index contributed by atoms with van der Waals surface area (Å²) in [7, 11) is 0. The number of rotatable bonds is 4. The van der Waals surface area contributed by atoms with E-state index in [0.717, 1.165) is 29.1 Å². The van der Waals surface area contributed by atoms with Gasteiger partial charge in [0.15, 0.2) is 0 Å². The molecule has 98 valence electrons. The molecule has 0 fully saturated rings. The van der Waals surface area contributed by atoms with Crippen LogP contribution in [0.25, 0.3) is 0 Å². The summed E-state index contributed by atoms with van der Waals surface area (Å²) in [6.07, 6.45) is 4.27. The summed E-state index contributed by atoms with van der Waals surface area (Å²) in [4.78, 5) is 4.07. The normalized spacial score (nSPS) is 15.6. The van der Waals surface area contributed by atoms with Gasteiger partial charge in [0.2, 0.25) is 0 Å². The van der Waals surface area contributed by atoms with E-state index in [0.29, 0.717) is 6.54 Å². The zero-order chi connectivity index (χ0) is 13.7. The SMILES string of the molecule is C=C1C=C(CC)C(CN=CN)=NN1c1ccccc1. The molecule has 0 atom stereocenters. The Morgan fingerprint density at radius 2 is 2.11 bits per heavy atom. The molecule has 4 nitrogen and oxygen atoms in total. The highest BCUT2D eigenvalue weighted by atomic mass is 15.5. The van der Waals surface area contributed by atoms with Gasteiger partial charge in [-0.2, -0.15) is 5.10 Å². The van der Waals surface area contributed by atoms with Gasteiger partial charge in [0.25, 0.3) is 0 Å². The van der Waals surface area contributed by atoms with Gasteiger partial charge in [-0.25, -0.2) is 5.01 Å². The molecular weight excluding hydrogens is 236 g/mol. The minimum absolute atomic E-state index is 0.493. The van der Waals surface area contributed by atoms with Crippen molar-refractivity contribution in [1.82, 2.24) is 0 Å². The highest BCUT2D eigenvalue weighted by Gasteiger charge is 2.17. The lowest BCUT2D eigenvalue weighted by molar-refractivity contribution is 0.979. The Kier molecular flexibility index (Phi) is 4.13. The summed E-state index contributed by atoms with van der Waals surface area (Å²) in [6.45, 7) is 6.65. The molecule has 4 heteroatoms. The molecule has 1 aliphatic rings. The van der Waals surface area contributed by atoms with Crippen LogP contribution in [-0.2, 0) is 0 Å². The minimum atomic E-state index is 0.493. The van der Waals surface area contributed by atoms with Crippen molar-refractivity contribution in [3.8, 4) is 0 Å². The van der Waals surface area contributed by atoms with Crippen molar-refractivity contribution < 1.29 is 0 Å². The zero-order valence-corrected chi connectivity index (χ0v) is 11.1. The summed E-state index contributed by atoms with van der Waals surface area (Å²) in [6, 6.07) is 9.95. The van der Waals surface area contributed by atoms with Crippen LogP contribution in [0.3, 0.4) is 0 Å². The van der Waals surface area contributed by atoms with Gasteiger partial charge in [-0.1, -0.05) is 31.7 Å². The Bertz CT molecular complexity index is 541. The molecule has 2 N–H and O–H groups in total. The van der Waals surface area contributed by atoms with Crippen molar-refractivity contribution in [3.63, 3.8) is 0 Å². The molecule has 1 aliphatic heterocycles. The maximum absolute atomic E-state index is 5.31. The smallest absolute Gasteiger partial charge is 0.0861 e. The lowest BCUT2D eigenvalue weighted by Crippen LogP contribution is -2.24. The number of benzene rings is 1. The molecule has 0 saturated heterocycles. The number of hydrogen-bond acceptors (Lipinski definition) is 3. The first-order valence-electron chi connectivity index (χ1n) is 6.28. The summed E-state index contributed by atoms with van der Waals surface area (Å²) in [5.74, 6) is 0. The Balaban J connectivity index is 2.34. The van der Waals surface area contributed by atoms with Gasteiger partial charge >= 0.3 is 0 Å². The molecule has 0 spiro atoms. The second-order valence-corrected chi connectivity index (χ2v) is 4.20. The Labute approximate surface area is 113 Å². The molecule has 19 heavy (non-hydrogen) atoms. The van der Waals surface area contributed by atoms with E-state index in [1.807, 2.05) is 35.3 Å². The summed E-state index contributed by atoms with van der Waals surface area (Å²) in [5.41, 5.74) is 9.25. The molecule has 0 bridgehead atoms. The van der Waals surface area contributed by atoms with Crippen LogP contribution in [0.5, 0.6) is 0 Å². The number of allylic oxidation sites excluding steroid dienone is 1. The van der Waals surface area contributed by atoms with Crippen molar-refractivity contribution in [2.45, 2.75) is 13.3 Å². The predicted octanol–water partition coefficient (Wildman–Crippen LogP) is 2.70. The van der Waals surface area contributed by atoms with Crippen LogP contribution in [-0.4, -0.2) is 18.6 Å². The first kappa shape index (κ1) is 13.1. The van der Waals surface area contributed by atoms with E-state index in [2.05, 4.69) is 29.7 Å². The van der Waals surface area contributed by atoms with Crippen LogP contribution in [0.15, 0.2) is 64.4 Å². The van der Waals surface area contributed by atoms with E-state index < -0.39 is 0 Å². The quantitative estimate of drug-likeness (QED) is 0.663. The molecule has 1 aromatic rings. The highest BCUT2D eigenvalue weighted by Crippen LogP contribution is 2.25. The van der Waals surface area contributed by atoms with E-state index in [1.165, 1.54) is 6.34 Å². The molecule has 2 rings (SSSR count). The van der Waals surface area contributed by atoms with E-state index in [9.17, 15) is 0 Å². The molecule has 1 heterocycles. The topological polar surface area (TPSA) is 54.0 Å². The van der Waals surface area contributed by atoms with Gasteiger partial charge in [0, 0.05) is 0 Å². The van der Waals surface area contributed by atoms with E-state index in [-0.39, 0.29) is 0 Å². The Morgan fingerprint density at radius 3 is 2.74 bits per heavy atom. The van der Waals surface area contributed by atoms with Gasteiger partial charge in [-0.05, 0) is 30.2 Å². The number of hydrogen-bond donors (Lipinski definition) is 1. The van der Waals surface area contributed by atoms with Crippen molar-refractivity contribution in [2.24, 2.45) is 15.8 Å². The molecule has 0 unspecified atom stereocenters. The first-order valence-corrected chi connectivity index (χ1v) is 6.28. The second kappa shape index (κ2) is 6.00. The van der Waals surface area contributed by atoms with Gasteiger partial charge in [0.05, 0.1) is 30.0 Å². The third-order valence-electron chi connectivity index (χ3n) is 2.93. The fourth-order valence-electron chi connectivity index (χ4n) is 1.97. The highest BCUT2D eigenvalue weighted by molar-refractivity contribution is 6.04. The minimum Gasteiger partial charge on any atom is -0.390 e. The third kappa shape index (κ3) is 2.91. The van der Waals surface area contributed by atoms with Crippen LogP contribution >= 0.6 is 0 Å². The van der Waals surface area contributed by atoms with Crippen molar-refractivity contribution in [2.75, 3.05) is 11.6 Å². The van der Waals surface area contributed by atoms with Gasteiger partial charge in [-0.15, -0.1) is 0 Å². The van der Waals surface area contributed by atoms with Crippen molar-refractivity contribution >= 4 is 17.7 Å². The molecule has 0 amide bonds. The predicted molar refractivity (Wildman–Crippen MR) is 81.4 cm³/mol. The van der Waals surface area contributed by atoms with E-state index in [4.69, 9.17) is 5.73 Å². The second-order valence-electron chi connectivity index (χ2n) is 4.20. The molecule has 0 radical (unpaired) electrons. The van der Waals surface area contributed by atoms with Gasteiger partial charge in [-0.3, -0.25) is 4.99 Å². The molecule has 0 aromatic heterocycles. The van der Waals surface area contributed by atoms with Crippen LogP contribution in [0, 0.1) is 0 Å². The summed E-state index contributed by atoms with van der Waals surface area (Å²) < 4.78 is 0. The molecule has 0 aliphatic carbocycles. The van der Waals surface area contributed by atoms with Gasteiger partial charge < -0.3 is 5.73 Å². The summed E-state index contributed by atoms with van der Waals surface area (Å²) in [5, 5.41) is 6.47. The van der Waals surface area contributed by atoms with Crippen LogP contribution in [0.2, 0.25) is 0 Å². The van der Waals surface area contributed by atoms with Crippen LogP contribution in [0.4, 0.5) is 5.69 Å². The van der Waals surface area contributed by atoms with E-state index >= 15 is 0 Å². The number of nitrogens with two attached hydrogens (primary N) is 1. The molecule has 1 aromatic carbocycles. The van der Waals surface area contributed by atoms with Crippen molar-refractivity contribution in [3.05, 3.63) is 54.3 Å². The molecular formula is C15H18N4. The fraction of sp³-hybridized carbons (Fsp3) is 0.200. The van der Waals surface area contributed by atoms with Gasteiger partial charge in [0.1, 0.15) is 0 Å².